The van der Waals surface area contributed by atoms with Gasteiger partial charge < -0.3 is 0 Å². The molecule has 0 N–H and O–H groups in total. The molecule has 0 bridgehead atoms. The van der Waals surface area contributed by atoms with E-state index in [0.717, 1.165) is 11.5 Å². The third kappa shape index (κ3) is 2.93. The van der Waals surface area contributed by atoms with Gasteiger partial charge in [0.15, 0.2) is 0 Å². The first kappa shape index (κ1) is 16.2. The van der Waals surface area contributed by atoms with Gasteiger partial charge in [0.2, 0.25) is 0 Å². The molecule has 120 valence electrons. The predicted molar refractivity (Wildman–Crippen MR) is 99.0 cm³/mol. The first-order chi connectivity index (χ1) is 11.1. The van der Waals surface area contributed by atoms with Crippen molar-refractivity contribution < 1.29 is 9.47 Å². The van der Waals surface area contributed by atoms with Gasteiger partial charge in [-0.15, -0.1) is 0 Å². The summed E-state index contributed by atoms with van der Waals surface area (Å²) in [6.45, 7) is 4.59. The Morgan fingerprint density at radius 2 is 1.00 bits per heavy atom. The van der Waals surface area contributed by atoms with Crippen LogP contribution in [0.2, 0.25) is 10.4 Å². The second-order valence-electron chi connectivity index (χ2n) is 6.24. The van der Waals surface area contributed by atoms with Crippen molar-refractivity contribution in [2.45, 2.75) is 24.3 Å². The molecule has 3 rings (SSSR count). The van der Waals surface area contributed by atoms with Gasteiger partial charge in [-0.3, -0.25) is 0 Å². The maximum absolute atomic E-state index is 5.34. The quantitative estimate of drug-likeness (QED) is 0.604. The average Bonchev–Trinajstić information content (AvgIpc) is 2.91. The summed E-state index contributed by atoms with van der Waals surface area (Å²) in [6.07, 6.45) is 0. The van der Waals surface area contributed by atoms with Crippen LogP contribution in [0.5, 0.6) is 11.5 Å². The summed E-state index contributed by atoms with van der Waals surface area (Å²) in [4.78, 5) is 0. The number of methoxy groups -OCH3 is 2. The van der Waals surface area contributed by atoms with Crippen molar-refractivity contribution in [2.75, 3.05) is 14.2 Å². The zero-order chi connectivity index (χ0) is 16.4. The molecule has 0 fully saturated rings. The summed E-state index contributed by atoms with van der Waals surface area (Å²) >= 11 is -2.19. The van der Waals surface area contributed by atoms with Crippen LogP contribution in [0.1, 0.15) is 13.8 Å². The molecule has 1 aliphatic heterocycles. The number of hydrogen-bond acceptors (Lipinski definition) is 2. The number of allylic oxidation sites excluding steroid dienone is 2. The van der Waals surface area contributed by atoms with Gasteiger partial charge in [-0.25, -0.2) is 0 Å². The van der Waals surface area contributed by atoms with Crippen molar-refractivity contribution in [3.8, 4) is 11.5 Å². The summed E-state index contributed by atoms with van der Waals surface area (Å²) in [5.74, 6) is 1.86. The van der Waals surface area contributed by atoms with E-state index in [0.29, 0.717) is 0 Å². The van der Waals surface area contributed by atoms with Gasteiger partial charge in [0, 0.05) is 0 Å². The first-order valence-corrected chi connectivity index (χ1v) is 12.4. The number of hydrogen-bond donors (Lipinski definition) is 0. The van der Waals surface area contributed by atoms with Crippen LogP contribution in [0, 0.1) is 0 Å². The van der Waals surface area contributed by atoms with E-state index in [9.17, 15) is 0 Å². The van der Waals surface area contributed by atoms with Crippen LogP contribution < -0.4 is 18.2 Å². The third-order valence-corrected chi connectivity index (χ3v) is 14.5. The zero-order valence-electron chi connectivity index (χ0n) is 14.3. The van der Waals surface area contributed by atoms with Gasteiger partial charge >= 0.3 is 141 Å². The van der Waals surface area contributed by atoms with Crippen LogP contribution in [0.3, 0.4) is 0 Å². The molecule has 0 saturated heterocycles. The summed E-state index contributed by atoms with van der Waals surface area (Å²) < 4.78 is 13.7. The zero-order valence-corrected chi connectivity index (χ0v) is 16.2. The van der Waals surface area contributed by atoms with Gasteiger partial charge in [0.25, 0.3) is 0 Å². The Morgan fingerprint density at radius 1 is 0.652 bits per heavy atom. The van der Waals surface area contributed by atoms with Crippen LogP contribution in [0.4, 0.5) is 0 Å². The summed E-state index contributed by atoms with van der Waals surface area (Å²) in [5.41, 5.74) is 3.15. The van der Waals surface area contributed by atoms with Crippen molar-refractivity contribution in [1.82, 2.24) is 0 Å². The average molecular weight is 371 g/mol. The van der Waals surface area contributed by atoms with Crippen LogP contribution in [0.15, 0.2) is 59.7 Å². The monoisotopic (exact) mass is 371 g/mol. The van der Waals surface area contributed by atoms with E-state index in [4.69, 9.17) is 9.47 Å². The molecule has 1 heterocycles. The standard InChI is InChI=1S/C20H24AsO2/c1-15-13-21(14-16(15)2,17-5-9-19(22-3)10-6-17)18-7-11-20(23-4)12-8-18/h5-12H,13-14H2,1-4H3/q+1. The number of rotatable bonds is 4. The fraction of sp³-hybridized carbons (Fsp3) is 0.300. The van der Waals surface area contributed by atoms with E-state index in [2.05, 4.69) is 62.4 Å². The Kier molecular flexibility index (Phi) is 4.54. The molecule has 1 aliphatic rings. The summed E-state index contributed by atoms with van der Waals surface area (Å²) in [6, 6.07) is 17.5. The van der Waals surface area contributed by atoms with Gasteiger partial charge in [-0.05, 0) is 0 Å². The molecule has 0 aromatic heterocycles. The van der Waals surface area contributed by atoms with E-state index < -0.39 is 13.6 Å². The predicted octanol–water partition coefficient (Wildman–Crippen LogP) is 3.62. The Hall–Kier alpha value is -1.66. The topological polar surface area (TPSA) is 18.5 Å². The van der Waals surface area contributed by atoms with E-state index in [1.165, 1.54) is 19.1 Å². The second kappa shape index (κ2) is 6.45. The molecule has 0 saturated carbocycles. The van der Waals surface area contributed by atoms with Crippen molar-refractivity contribution in [2.24, 2.45) is 0 Å². The van der Waals surface area contributed by atoms with Crippen molar-refractivity contribution in [3.05, 3.63) is 59.7 Å². The fourth-order valence-corrected chi connectivity index (χ4v) is 13.3. The van der Waals surface area contributed by atoms with Gasteiger partial charge in [-0.1, -0.05) is 0 Å². The third-order valence-electron chi connectivity index (χ3n) is 4.88. The molecule has 0 amide bonds. The normalized spacial score (nSPS) is 16.5. The van der Waals surface area contributed by atoms with Crippen molar-refractivity contribution in [1.29, 1.82) is 0 Å². The van der Waals surface area contributed by atoms with E-state index in [1.54, 1.807) is 25.4 Å². The van der Waals surface area contributed by atoms with E-state index in [-0.39, 0.29) is 0 Å². The molecular weight excluding hydrogens is 347 g/mol. The van der Waals surface area contributed by atoms with Crippen LogP contribution >= 0.6 is 0 Å². The van der Waals surface area contributed by atoms with Crippen LogP contribution in [-0.2, 0) is 0 Å². The Labute approximate surface area is 141 Å². The second-order valence-corrected chi connectivity index (χ2v) is 13.8. The van der Waals surface area contributed by atoms with Gasteiger partial charge in [0.1, 0.15) is 0 Å². The molecule has 0 aliphatic carbocycles. The molecule has 2 aromatic carbocycles. The minimum absolute atomic E-state index is 0.928. The number of ether oxygens (including phenoxy) is 2. The Bertz CT molecular complexity index is 651. The minimum atomic E-state index is -2.19. The summed E-state index contributed by atoms with van der Waals surface area (Å²) in [7, 11) is 3.44. The van der Waals surface area contributed by atoms with Gasteiger partial charge in [0.05, 0.1) is 0 Å². The van der Waals surface area contributed by atoms with Gasteiger partial charge in [-0.2, -0.15) is 0 Å². The SMILES string of the molecule is COc1ccc([As+]2(c3ccc(OC)cc3)CC(C)=C(C)C2)cc1. The molecule has 0 atom stereocenters. The van der Waals surface area contributed by atoms with E-state index >= 15 is 0 Å². The molecule has 0 radical (unpaired) electrons. The molecule has 0 unspecified atom stereocenters. The Morgan fingerprint density at radius 3 is 1.30 bits per heavy atom. The first-order valence-electron chi connectivity index (χ1n) is 7.90. The maximum atomic E-state index is 5.34. The van der Waals surface area contributed by atoms with E-state index in [1.807, 2.05) is 0 Å². The fourth-order valence-electron chi connectivity index (χ4n) is 3.38. The number of benzene rings is 2. The molecule has 0 spiro atoms. The molecule has 3 heteroatoms. The summed E-state index contributed by atoms with van der Waals surface area (Å²) in [5, 5.41) is 2.48. The van der Waals surface area contributed by atoms with Crippen LogP contribution in [0.25, 0.3) is 0 Å². The molecule has 2 nitrogen and oxygen atoms in total. The van der Waals surface area contributed by atoms with Crippen LogP contribution in [-0.4, -0.2) is 27.8 Å². The molecule has 2 aromatic rings. The van der Waals surface area contributed by atoms with Crippen molar-refractivity contribution in [3.63, 3.8) is 0 Å². The molecular formula is C20H24AsO2+. The molecule has 23 heavy (non-hydrogen) atoms. The van der Waals surface area contributed by atoms with Crippen molar-refractivity contribution >= 4 is 22.3 Å². The Balaban J connectivity index is 2.07.